The van der Waals surface area contributed by atoms with Gasteiger partial charge in [-0.1, -0.05) is 18.2 Å². The second-order valence-corrected chi connectivity index (χ2v) is 7.07. The average molecular weight is 432 g/mol. The maximum atomic E-state index is 13.1. The zero-order valence-electron chi connectivity index (χ0n) is 16.8. The largest absolute Gasteiger partial charge is 0.459 e. The Balaban J connectivity index is 1.55. The molecule has 4 aromatic rings. The molecule has 5 N–H and O–H groups in total. The summed E-state index contributed by atoms with van der Waals surface area (Å²) in [7, 11) is 0. The molecule has 0 bridgehead atoms. The van der Waals surface area contributed by atoms with Crippen molar-refractivity contribution in [1.29, 1.82) is 0 Å². The number of hydroxylamine groups is 1. The van der Waals surface area contributed by atoms with E-state index in [0.29, 0.717) is 5.69 Å². The van der Waals surface area contributed by atoms with Crippen LogP contribution in [0, 0.1) is 0 Å². The maximum absolute atomic E-state index is 13.1. The predicted octanol–water partition coefficient (Wildman–Crippen LogP) is 2.86. The number of para-hydroxylation sites is 1. The Morgan fingerprint density at radius 2 is 1.75 bits per heavy atom. The minimum atomic E-state index is -0.896. The first kappa shape index (κ1) is 20.9. The second-order valence-electron chi connectivity index (χ2n) is 7.07. The van der Waals surface area contributed by atoms with Crippen molar-refractivity contribution in [2.45, 2.75) is 12.5 Å². The summed E-state index contributed by atoms with van der Waals surface area (Å²) in [6.45, 7) is 0. The minimum Gasteiger partial charge on any atom is -0.459 e. The van der Waals surface area contributed by atoms with Gasteiger partial charge in [-0.25, -0.2) is 5.48 Å². The van der Waals surface area contributed by atoms with Crippen LogP contribution >= 0.6 is 0 Å². The summed E-state index contributed by atoms with van der Waals surface area (Å²) in [5.74, 6) is -1.51. The molecule has 3 amide bonds. The van der Waals surface area contributed by atoms with E-state index in [9.17, 15) is 14.4 Å². The molecule has 162 valence electrons. The number of fused-ring (bicyclic) bond motifs is 1. The molecule has 4 rings (SSSR count). The van der Waals surface area contributed by atoms with E-state index in [1.807, 2.05) is 30.5 Å². The molecule has 1 atom stereocenters. The molecule has 2 aromatic carbocycles. The molecule has 0 spiro atoms. The summed E-state index contributed by atoms with van der Waals surface area (Å²) in [4.78, 5) is 40.3. The van der Waals surface area contributed by atoms with Gasteiger partial charge >= 0.3 is 0 Å². The Bertz CT molecular complexity index is 1250. The molecule has 0 aliphatic rings. The van der Waals surface area contributed by atoms with Crippen molar-refractivity contribution in [3.63, 3.8) is 0 Å². The first-order chi connectivity index (χ1) is 15.5. The van der Waals surface area contributed by atoms with E-state index >= 15 is 0 Å². The first-order valence-electron chi connectivity index (χ1n) is 9.80. The SMILES string of the molecule is O=C(NO)c1ccc(NC(=O)[C@H](Cc2c[nH]c3ccccc23)NC(=O)c2ccco2)cc1. The van der Waals surface area contributed by atoms with E-state index in [0.717, 1.165) is 16.5 Å². The number of amides is 3. The van der Waals surface area contributed by atoms with Crippen LogP contribution in [0.15, 0.2) is 77.5 Å². The van der Waals surface area contributed by atoms with Gasteiger partial charge in [0.25, 0.3) is 11.8 Å². The van der Waals surface area contributed by atoms with Crippen molar-refractivity contribution in [2.75, 3.05) is 5.32 Å². The lowest BCUT2D eigenvalue weighted by molar-refractivity contribution is -0.118. The Kier molecular flexibility index (Phi) is 6.00. The molecule has 2 heterocycles. The van der Waals surface area contributed by atoms with Crippen LogP contribution in [-0.2, 0) is 11.2 Å². The third-order valence-corrected chi connectivity index (χ3v) is 4.98. The quantitative estimate of drug-likeness (QED) is 0.226. The molecule has 0 aliphatic carbocycles. The fourth-order valence-electron chi connectivity index (χ4n) is 3.37. The highest BCUT2D eigenvalue weighted by Crippen LogP contribution is 2.20. The summed E-state index contributed by atoms with van der Waals surface area (Å²) in [5.41, 5.74) is 4.01. The predicted molar refractivity (Wildman–Crippen MR) is 116 cm³/mol. The molecule has 2 aromatic heterocycles. The van der Waals surface area contributed by atoms with E-state index in [2.05, 4.69) is 15.6 Å². The third-order valence-electron chi connectivity index (χ3n) is 4.98. The second kappa shape index (κ2) is 9.19. The van der Waals surface area contributed by atoms with Crippen LogP contribution in [0.25, 0.3) is 10.9 Å². The fraction of sp³-hybridized carbons (Fsp3) is 0.0870. The van der Waals surface area contributed by atoms with Crippen molar-refractivity contribution in [3.05, 3.63) is 90.0 Å². The number of aromatic nitrogens is 1. The van der Waals surface area contributed by atoms with E-state index < -0.39 is 23.8 Å². The topological polar surface area (TPSA) is 136 Å². The molecule has 32 heavy (non-hydrogen) atoms. The minimum absolute atomic E-state index is 0.0982. The summed E-state index contributed by atoms with van der Waals surface area (Å²) in [6.07, 6.45) is 3.44. The summed E-state index contributed by atoms with van der Waals surface area (Å²) in [5, 5.41) is 15.1. The van der Waals surface area contributed by atoms with Gasteiger partial charge in [0.05, 0.1) is 6.26 Å². The molecular weight excluding hydrogens is 412 g/mol. The molecule has 0 fully saturated rings. The Labute approximate surface area is 182 Å². The lowest BCUT2D eigenvalue weighted by atomic mass is 10.0. The van der Waals surface area contributed by atoms with Crippen LogP contribution < -0.4 is 16.1 Å². The Morgan fingerprint density at radius 3 is 2.47 bits per heavy atom. The number of aromatic amines is 1. The van der Waals surface area contributed by atoms with Gasteiger partial charge in [0.2, 0.25) is 5.91 Å². The molecule has 0 aliphatic heterocycles. The van der Waals surface area contributed by atoms with Gasteiger partial charge in [-0.2, -0.15) is 0 Å². The van der Waals surface area contributed by atoms with Crippen molar-refractivity contribution < 1.29 is 24.0 Å². The van der Waals surface area contributed by atoms with Crippen molar-refractivity contribution in [2.24, 2.45) is 0 Å². The first-order valence-corrected chi connectivity index (χ1v) is 9.80. The van der Waals surface area contributed by atoms with E-state index in [1.54, 1.807) is 11.5 Å². The van der Waals surface area contributed by atoms with Gasteiger partial charge in [0.1, 0.15) is 6.04 Å². The van der Waals surface area contributed by atoms with Crippen LogP contribution in [0.2, 0.25) is 0 Å². The highest BCUT2D eigenvalue weighted by molar-refractivity contribution is 6.01. The monoisotopic (exact) mass is 432 g/mol. The number of H-pyrrole nitrogens is 1. The lowest BCUT2D eigenvalue weighted by Gasteiger charge is -2.18. The van der Waals surface area contributed by atoms with Gasteiger partial charge in [-0.15, -0.1) is 0 Å². The van der Waals surface area contributed by atoms with Crippen LogP contribution in [0.1, 0.15) is 26.5 Å². The number of hydrogen-bond acceptors (Lipinski definition) is 5. The Morgan fingerprint density at radius 1 is 0.969 bits per heavy atom. The van der Waals surface area contributed by atoms with Crippen LogP contribution in [0.4, 0.5) is 5.69 Å². The summed E-state index contributed by atoms with van der Waals surface area (Å²) in [6, 6.07) is 15.9. The number of rotatable bonds is 7. The van der Waals surface area contributed by atoms with Gasteiger partial charge in [0, 0.05) is 34.8 Å². The van der Waals surface area contributed by atoms with Crippen LogP contribution in [0.5, 0.6) is 0 Å². The molecule has 0 saturated carbocycles. The number of carbonyl (C=O) groups is 3. The zero-order valence-corrected chi connectivity index (χ0v) is 16.8. The van der Waals surface area contributed by atoms with Crippen molar-refractivity contribution >= 4 is 34.3 Å². The average Bonchev–Trinajstić information content (AvgIpc) is 3.49. The highest BCUT2D eigenvalue weighted by atomic mass is 16.5. The number of benzene rings is 2. The van der Waals surface area contributed by atoms with Gasteiger partial charge in [-0.3, -0.25) is 19.6 Å². The molecule has 9 heteroatoms. The fourth-order valence-corrected chi connectivity index (χ4v) is 3.37. The van der Waals surface area contributed by atoms with E-state index in [-0.39, 0.29) is 17.7 Å². The molecule has 0 unspecified atom stereocenters. The molecule has 0 saturated heterocycles. The van der Waals surface area contributed by atoms with Gasteiger partial charge in [0.15, 0.2) is 5.76 Å². The number of carbonyl (C=O) groups excluding carboxylic acids is 3. The Hall–Kier alpha value is -4.37. The number of nitrogens with one attached hydrogen (secondary N) is 4. The van der Waals surface area contributed by atoms with Crippen LogP contribution in [0.3, 0.4) is 0 Å². The number of hydrogen-bond donors (Lipinski definition) is 5. The number of anilines is 1. The number of furan rings is 1. The van der Waals surface area contributed by atoms with E-state index in [1.165, 1.54) is 36.6 Å². The van der Waals surface area contributed by atoms with Crippen LogP contribution in [-0.4, -0.2) is 34.0 Å². The smallest absolute Gasteiger partial charge is 0.287 e. The summed E-state index contributed by atoms with van der Waals surface area (Å²) < 4.78 is 5.14. The van der Waals surface area contributed by atoms with Crippen molar-refractivity contribution in [1.82, 2.24) is 15.8 Å². The lowest BCUT2D eigenvalue weighted by Crippen LogP contribution is -2.45. The highest BCUT2D eigenvalue weighted by Gasteiger charge is 2.24. The zero-order chi connectivity index (χ0) is 22.5. The maximum Gasteiger partial charge on any atom is 0.287 e. The van der Waals surface area contributed by atoms with Gasteiger partial charge < -0.3 is 20.0 Å². The van der Waals surface area contributed by atoms with Crippen molar-refractivity contribution in [3.8, 4) is 0 Å². The van der Waals surface area contributed by atoms with Gasteiger partial charge in [-0.05, 0) is 48.0 Å². The summed E-state index contributed by atoms with van der Waals surface area (Å²) >= 11 is 0. The molecule has 9 nitrogen and oxygen atoms in total. The third kappa shape index (κ3) is 4.52. The van der Waals surface area contributed by atoms with E-state index in [4.69, 9.17) is 9.62 Å². The standard InChI is InChI=1S/C23H20N4O5/c28-21(27-31)14-7-9-16(10-8-14)25-22(29)19(26-23(30)20-6-3-11-32-20)12-15-13-24-18-5-2-1-4-17(15)18/h1-11,13,19,24,31H,12H2,(H,25,29)(H,26,30)(H,27,28)/t19-/m0/s1. The molecular formula is C23H20N4O5. The normalized spacial score (nSPS) is 11.7. The molecule has 0 radical (unpaired) electrons.